The molecular formula is C23H18BrClN2O7S. The number of carbonyl (C=O) groups excluding carboxylic acids is 2. The van der Waals surface area contributed by atoms with E-state index in [2.05, 4.69) is 21.2 Å². The molecule has 0 unspecified atom stereocenters. The van der Waals surface area contributed by atoms with E-state index in [9.17, 15) is 28.1 Å². The number of rotatable bonds is 9. The number of anilines is 1. The van der Waals surface area contributed by atoms with E-state index in [1.807, 2.05) is 0 Å². The molecule has 0 aliphatic heterocycles. The number of sulfone groups is 1. The predicted octanol–water partition coefficient (Wildman–Crippen LogP) is 5.10. The van der Waals surface area contributed by atoms with Crippen molar-refractivity contribution >= 4 is 60.6 Å². The number of hydrogen-bond donors (Lipinski definition) is 1. The molecule has 1 amide bonds. The van der Waals surface area contributed by atoms with Gasteiger partial charge in [-0.25, -0.2) is 8.42 Å². The molecule has 0 heterocycles. The second-order valence-electron chi connectivity index (χ2n) is 7.21. The molecule has 0 aliphatic rings. The highest BCUT2D eigenvalue weighted by Crippen LogP contribution is 2.29. The first-order valence-electron chi connectivity index (χ1n) is 10.0. The van der Waals surface area contributed by atoms with Gasteiger partial charge >= 0.3 is 5.97 Å². The zero-order valence-corrected chi connectivity index (χ0v) is 21.0. The summed E-state index contributed by atoms with van der Waals surface area (Å²) in [6.45, 7) is 0. The summed E-state index contributed by atoms with van der Waals surface area (Å²) >= 11 is 8.96. The van der Waals surface area contributed by atoms with Crippen LogP contribution < -0.4 is 5.32 Å². The van der Waals surface area contributed by atoms with E-state index in [4.69, 9.17) is 16.3 Å². The highest BCUT2D eigenvalue weighted by Gasteiger charge is 2.27. The Morgan fingerprint density at radius 1 is 1.06 bits per heavy atom. The van der Waals surface area contributed by atoms with Crippen molar-refractivity contribution in [2.45, 2.75) is 17.4 Å². The third-order valence-corrected chi connectivity index (χ3v) is 7.40. The number of esters is 1. The van der Waals surface area contributed by atoms with Crippen molar-refractivity contribution in [2.24, 2.45) is 0 Å². The van der Waals surface area contributed by atoms with Crippen LogP contribution in [-0.2, 0) is 24.2 Å². The van der Waals surface area contributed by atoms with Crippen molar-refractivity contribution in [3.8, 4) is 0 Å². The minimum absolute atomic E-state index is 0.00933. The number of benzene rings is 3. The van der Waals surface area contributed by atoms with E-state index >= 15 is 0 Å². The van der Waals surface area contributed by atoms with Crippen LogP contribution in [0.1, 0.15) is 18.1 Å². The van der Waals surface area contributed by atoms with Crippen molar-refractivity contribution < 1.29 is 27.7 Å². The summed E-state index contributed by atoms with van der Waals surface area (Å²) in [5.41, 5.74) is 0.405. The van der Waals surface area contributed by atoms with Gasteiger partial charge in [-0.15, -0.1) is 0 Å². The molecule has 12 heteroatoms. The van der Waals surface area contributed by atoms with Gasteiger partial charge in [-0.3, -0.25) is 19.7 Å². The molecule has 0 spiro atoms. The van der Waals surface area contributed by atoms with Gasteiger partial charge in [0.1, 0.15) is 0 Å². The van der Waals surface area contributed by atoms with Crippen LogP contribution in [0, 0.1) is 10.1 Å². The lowest BCUT2D eigenvalue weighted by molar-refractivity contribution is -0.384. The molecule has 0 saturated heterocycles. The molecule has 3 aromatic carbocycles. The molecule has 1 N–H and O–H groups in total. The summed E-state index contributed by atoms with van der Waals surface area (Å²) in [6.07, 6.45) is -1.87. The van der Waals surface area contributed by atoms with Crippen LogP contribution in [0.25, 0.3) is 0 Å². The number of nitrogens with zero attached hydrogens (tertiary/aromatic N) is 1. The average Bonchev–Trinajstić information content (AvgIpc) is 2.83. The Kier molecular flexibility index (Phi) is 8.60. The highest BCUT2D eigenvalue weighted by atomic mass is 79.9. The maximum atomic E-state index is 13.0. The Morgan fingerprint density at radius 2 is 1.71 bits per heavy atom. The zero-order valence-electron chi connectivity index (χ0n) is 17.9. The quantitative estimate of drug-likeness (QED) is 0.211. The van der Waals surface area contributed by atoms with Crippen molar-refractivity contribution in [2.75, 3.05) is 11.1 Å². The Labute approximate surface area is 214 Å². The maximum Gasteiger partial charge on any atom is 0.307 e. The van der Waals surface area contributed by atoms with Gasteiger partial charge in [-0.2, -0.15) is 0 Å². The molecule has 0 aromatic heterocycles. The minimum atomic E-state index is -3.78. The predicted molar refractivity (Wildman–Crippen MR) is 133 cm³/mol. The van der Waals surface area contributed by atoms with Crippen LogP contribution >= 0.6 is 27.5 Å². The summed E-state index contributed by atoms with van der Waals surface area (Å²) in [4.78, 5) is 35.9. The maximum absolute atomic E-state index is 13.0. The molecule has 182 valence electrons. The van der Waals surface area contributed by atoms with E-state index in [1.165, 1.54) is 42.5 Å². The average molecular weight is 582 g/mol. The first kappa shape index (κ1) is 26.3. The van der Waals surface area contributed by atoms with Crippen LogP contribution in [0.3, 0.4) is 0 Å². The van der Waals surface area contributed by atoms with Gasteiger partial charge in [0, 0.05) is 27.2 Å². The van der Waals surface area contributed by atoms with Gasteiger partial charge < -0.3 is 10.1 Å². The number of nitrogens with one attached hydrogen (secondary N) is 1. The number of nitro benzene ring substituents is 1. The topological polar surface area (TPSA) is 133 Å². The van der Waals surface area contributed by atoms with Crippen molar-refractivity contribution in [1.29, 1.82) is 0 Å². The van der Waals surface area contributed by atoms with Crippen LogP contribution in [0.2, 0.25) is 5.02 Å². The van der Waals surface area contributed by atoms with Crippen LogP contribution in [-0.4, -0.2) is 31.0 Å². The lowest BCUT2D eigenvalue weighted by atomic mass is 10.1. The third kappa shape index (κ3) is 7.10. The van der Waals surface area contributed by atoms with E-state index < -0.39 is 44.9 Å². The SMILES string of the molecule is O=C(CCS(=O)(=O)c1ccc(Cl)cc1)O[C@H](C(=O)Nc1ccc([N+](=O)[O-])cc1Br)c1ccccc1. The van der Waals surface area contributed by atoms with E-state index in [1.54, 1.807) is 30.3 Å². The second kappa shape index (κ2) is 11.4. The lowest BCUT2D eigenvalue weighted by Crippen LogP contribution is -2.26. The molecule has 0 saturated carbocycles. The molecule has 0 fully saturated rings. The van der Waals surface area contributed by atoms with Crippen LogP contribution in [0.15, 0.2) is 82.2 Å². The molecule has 0 bridgehead atoms. The lowest BCUT2D eigenvalue weighted by Gasteiger charge is -2.18. The monoisotopic (exact) mass is 580 g/mol. The second-order valence-corrected chi connectivity index (χ2v) is 10.6. The normalized spacial score (nSPS) is 11.9. The van der Waals surface area contributed by atoms with Gasteiger partial charge in [-0.1, -0.05) is 41.9 Å². The van der Waals surface area contributed by atoms with Gasteiger partial charge in [0.2, 0.25) is 6.10 Å². The van der Waals surface area contributed by atoms with E-state index in [0.29, 0.717) is 10.6 Å². The largest absolute Gasteiger partial charge is 0.447 e. The molecule has 0 aliphatic carbocycles. The third-order valence-electron chi connectivity index (χ3n) is 4.76. The fourth-order valence-corrected chi connectivity index (χ4v) is 4.80. The smallest absolute Gasteiger partial charge is 0.307 e. The van der Waals surface area contributed by atoms with Gasteiger partial charge in [0.15, 0.2) is 9.84 Å². The molecule has 35 heavy (non-hydrogen) atoms. The van der Waals surface area contributed by atoms with Gasteiger partial charge in [0.25, 0.3) is 11.6 Å². The Balaban J connectivity index is 1.74. The Hall–Kier alpha value is -3.28. The summed E-state index contributed by atoms with van der Waals surface area (Å²) < 4.78 is 30.6. The molecule has 3 rings (SSSR count). The first-order chi connectivity index (χ1) is 16.6. The minimum Gasteiger partial charge on any atom is -0.447 e. The molecular weight excluding hydrogens is 564 g/mol. The van der Waals surface area contributed by atoms with Crippen LogP contribution in [0.5, 0.6) is 0 Å². The number of nitro groups is 1. The van der Waals surface area contributed by atoms with Crippen LogP contribution in [0.4, 0.5) is 11.4 Å². The number of amides is 1. The summed E-state index contributed by atoms with van der Waals surface area (Å²) in [7, 11) is -3.78. The number of carbonyl (C=O) groups is 2. The first-order valence-corrected chi connectivity index (χ1v) is 12.9. The molecule has 1 atom stereocenters. The van der Waals surface area contributed by atoms with Gasteiger partial charge in [0.05, 0.1) is 27.7 Å². The fraction of sp³-hybridized carbons (Fsp3) is 0.130. The summed E-state index contributed by atoms with van der Waals surface area (Å²) in [5, 5.41) is 13.9. The number of hydrogen-bond acceptors (Lipinski definition) is 7. The van der Waals surface area contributed by atoms with Crippen molar-refractivity contribution in [3.05, 3.63) is 98.0 Å². The summed E-state index contributed by atoms with van der Waals surface area (Å²) in [5.74, 6) is -2.14. The summed E-state index contributed by atoms with van der Waals surface area (Å²) in [6, 6.07) is 17.5. The standard InChI is InChI=1S/C23H18BrClN2O7S/c24-19-14-17(27(30)31)8-11-20(19)26-23(29)22(15-4-2-1-3-5-15)34-21(28)12-13-35(32,33)18-9-6-16(25)7-10-18/h1-11,14,22H,12-13H2,(H,26,29)/t22-/m0/s1. The Bertz CT molecular complexity index is 1350. The fourth-order valence-electron chi connectivity index (χ4n) is 2.99. The van der Waals surface area contributed by atoms with Gasteiger partial charge in [-0.05, 0) is 46.3 Å². The Morgan fingerprint density at radius 3 is 2.31 bits per heavy atom. The number of ether oxygens (including phenoxy) is 1. The number of non-ortho nitro benzene ring substituents is 1. The molecule has 3 aromatic rings. The van der Waals surface area contributed by atoms with Crippen molar-refractivity contribution in [1.82, 2.24) is 0 Å². The molecule has 0 radical (unpaired) electrons. The zero-order chi connectivity index (χ0) is 25.6. The molecule has 9 nitrogen and oxygen atoms in total. The van der Waals surface area contributed by atoms with E-state index in [-0.39, 0.29) is 20.7 Å². The van der Waals surface area contributed by atoms with Crippen molar-refractivity contribution in [3.63, 3.8) is 0 Å². The highest BCUT2D eigenvalue weighted by molar-refractivity contribution is 9.10. The number of halogens is 2. The van der Waals surface area contributed by atoms with E-state index in [0.717, 1.165) is 0 Å².